The molecule has 8 heteroatoms. The Morgan fingerprint density at radius 2 is 1.82 bits per heavy atom. The summed E-state index contributed by atoms with van der Waals surface area (Å²) in [6.45, 7) is 4.71. The molecule has 2 heterocycles. The lowest BCUT2D eigenvalue weighted by molar-refractivity contribution is -0.127. The summed E-state index contributed by atoms with van der Waals surface area (Å²) in [7, 11) is -3.66. The van der Waals surface area contributed by atoms with E-state index < -0.39 is 15.8 Å². The Bertz CT molecular complexity index is 888. The van der Waals surface area contributed by atoms with Crippen molar-refractivity contribution in [3.8, 4) is 0 Å². The lowest BCUT2D eigenvalue weighted by atomic mass is 9.95. The Kier molecular flexibility index (Phi) is 6.52. The summed E-state index contributed by atoms with van der Waals surface area (Å²) in [6, 6.07) is 8.80. The second-order valence-corrected chi connectivity index (χ2v) is 10.3. The smallest absolute Gasteiger partial charge is 0.243 e. The number of piperidine rings is 1. The number of nitrogens with one attached hydrogen (secondary N) is 1. The Labute approximate surface area is 169 Å². The van der Waals surface area contributed by atoms with E-state index in [0.717, 1.165) is 17.0 Å². The van der Waals surface area contributed by atoms with Crippen molar-refractivity contribution in [3.63, 3.8) is 0 Å². The fourth-order valence-electron chi connectivity index (χ4n) is 3.42. The molecule has 1 fully saturated rings. The predicted molar refractivity (Wildman–Crippen MR) is 108 cm³/mol. The van der Waals surface area contributed by atoms with Crippen molar-refractivity contribution in [1.29, 1.82) is 0 Å². The van der Waals surface area contributed by atoms with E-state index in [-0.39, 0.29) is 41.8 Å². The number of benzene rings is 1. The molecular weight excluding hydrogens is 399 g/mol. The highest BCUT2D eigenvalue weighted by Crippen LogP contribution is 2.28. The molecule has 0 bridgehead atoms. The molecule has 3 rings (SSSR count). The average molecular weight is 425 g/mol. The second-order valence-electron chi connectivity index (χ2n) is 7.38. The topological polar surface area (TPSA) is 66.5 Å². The molecule has 0 radical (unpaired) electrons. The molecule has 28 heavy (non-hydrogen) atoms. The van der Waals surface area contributed by atoms with Crippen molar-refractivity contribution < 1.29 is 17.6 Å². The highest BCUT2D eigenvalue weighted by molar-refractivity contribution is 7.89. The monoisotopic (exact) mass is 424 g/mol. The van der Waals surface area contributed by atoms with Gasteiger partial charge in [-0.25, -0.2) is 12.8 Å². The molecule has 1 amide bonds. The van der Waals surface area contributed by atoms with Crippen LogP contribution in [0.3, 0.4) is 0 Å². The number of amides is 1. The zero-order valence-electron chi connectivity index (χ0n) is 16.0. The fourth-order valence-corrected chi connectivity index (χ4v) is 5.84. The van der Waals surface area contributed by atoms with Crippen molar-refractivity contribution >= 4 is 27.3 Å². The Morgan fingerprint density at radius 3 is 2.36 bits per heavy atom. The third-order valence-corrected chi connectivity index (χ3v) is 7.96. The number of thiophene rings is 1. The molecule has 2 aromatic rings. The van der Waals surface area contributed by atoms with Crippen LogP contribution in [0.5, 0.6) is 0 Å². The number of carbonyl (C=O) groups is 1. The minimum Gasteiger partial charge on any atom is -0.348 e. The lowest BCUT2D eigenvalue weighted by Gasteiger charge is -2.32. The van der Waals surface area contributed by atoms with E-state index in [9.17, 15) is 17.6 Å². The van der Waals surface area contributed by atoms with Crippen LogP contribution in [-0.4, -0.2) is 31.7 Å². The summed E-state index contributed by atoms with van der Waals surface area (Å²) >= 11 is 1.62. The standard InChI is InChI=1S/C20H25FN2O3S2/c1-14(2)19(18-4-3-13-27-18)22-20(24)15-9-11-23(12-10-15)28(25,26)17-7-5-16(21)6-8-17/h3-8,13-15,19H,9-12H2,1-2H3,(H,22,24)/t19-/m1/s1. The highest BCUT2D eigenvalue weighted by Gasteiger charge is 2.33. The van der Waals surface area contributed by atoms with E-state index in [1.165, 1.54) is 16.4 Å². The average Bonchev–Trinajstić information content (AvgIpc) is 3.20. The van der Waals surface area contributed by atoms with Gasteiger partial charge in [0, 0.05) is 23.9 Å². The number of nitrogens with zero attached hydrogens (tertiary/aromatic N) is 1. The van der Waals surface area contributed by atoms with Crippen LogP contribution >= 0.6 is 11.3 Å². The zero-order chi connectivity index (χ0) is 20.3. The number of carbonyl (C=O) groups excluding carboxylic acids is 1. The van der Waals surface area contributed by atoms with Gasteiger partial charge in [-0.15, -0.1) is 11.3 Å². The van der Waals surface area contributed by atoms with Gasteiger partial charge in [-0.1, -0.05) is 19.9 Å². The largest absolute Gasteiger partial charge is 0.348 e. The van der Waals surface area contributed by atoms with Gasteiger partial charge in [-0.05, 0) is 54.5 Å². The predicted octanol–water partition coefficient (Wildman–Crippen LogP) is 3.80. The number of hydrogen-bond acceptors (Lipinski definition) is 4. The van der Waals surface area contributed by atoms with Crippen molar-refractivity contribution in [2.75, 3.05) is 13.1 Å². The normalized spacial score (nSPS) is 17.6. The summed E-state index contributed by atoms with van der Waals surface area (Å²) in [6.07, 6.45) is 0.947. The molecular formula is C20H25FN2O3S2. The van der Waals surface area contributed by atoms with Gasteiger partial charge in [0.2, 0.25) is 15.9 Å². The molecule has 1 saturated heterocycles. The van der Waals surface area contributed by atoms with Crippen molar-refractivity contribution in [2.45, 2.75) is 37.6 Å². The van der Waals surface area contributed by atoms with Crippen LogP contribution in [-0.2, 0) is 14.8 Å². The first-order valence-electron chi connectivity index (χ1n) is 9.38. The molecule has 1 N–H and O–H groups in total. The number of hydrogen-bond donors (Lipinski definition) is 1. The molecule has 0 saturated carbocycles. The Balaban J connectivity index is 1.61. The number of halogens is 1. The van der Waals surface area contributed by atoms with Crippen LogP contribution in [0, 0.1) is 17.7 Å². The van der Waals surface area contributed by atoms with Crippen LogP contribution in [0.2, 0.25) is 0 Å². The second kappa shape index (κ2) is 8.71. The van der Waals surface area contributed by atoms with Gasteiger partial charge in [-0.2, -0.15) is 4.31 Å². The van der Waals surface area contributed by atoms with E-state index in [0.29, 0.717) is 12.8 Å². The zero-order valence-corrected chi connectivity index (χ0v) is 17.6. The number of rotatable bonds is 6. The summed E-state index contributed by atoms with van der Waals surface area (Å²) in [4.78, 5) is 14.0. The van der Waals surface area contributed by atoms with Crippen molar-refractivity contribution in [2.24, 2.45) is 11.8 Å². The van der Waals surface area contributed by atoms with E-state index in [4.69, 9.17) is 0 Å². The van der Waals surface area contributed by atoms with Gasteiger partial charge in [-0.3, -0.25) is 4.79 Å². The molecule has 1 aromatic carbocycles. The molecule has 0 spiro atoms. The maximum atomic E-state index is 13.1. The van der Waals surface area contributed by atoms with Crippen molar-refractivity contribution in [3.05, 3.63) is 52.5 Å². The van der Waals surface area contributed by atoms with Gasteiger partial charge < -0.3 is 5.32 Å². The van der Waals surface area contributed by atoms with Gasteiger partial charge >= 0.3 is 0 Å². The molecule has 1 aliphatic rings. The summed E-state index contributed by atoms with van der Waals surface area (Å²) < 4.78 is 39.8. The molecule has 5 nitrogen and oxygen atoms in total. The van der Waals surface area contributed by atoms with Gasteiger partial charge in [0.15, 0.2) is 0 Å². The first-order valence-corrected chi connectivity index (χ1v) is 11.7. The third kappa shape index (κ3) is 4.61. The van der Waals surface area contributed by atoms with Crippen LogP contribution in [0.25, 0.3) is 0 Å². The Morgan fingerprint density at radius 1 is 1.18 bits per heavy atom. The number of sulfonamides is 1. The summed E-state index contributed by atoms with van der Waals surface area (Å²) in [5.41, 5.74) is 0. The van der Waals surface area contributed by atoms with E-state index >= 15 is 0 Å². The summed E-state index contributed by atoms with van der Waals surface area (Å²) in [5, 5.41) is 5.14. The van der Waals surface area contributed by atoms with Crippen molar-refractivity contribution in [1.82, 2.24) is 9.62 Å². The van der Waals surface area contributed by atoms with Gasteiger partial charge in [0.05, 0.1) is 10.9 Å². The molecule has 1 aliphatic heterocycles. The van der Waals surface area contributed by atoms with Gasteiger partial charge in [0.25, 0.3) is 0 Å². The molecule has 1 atom stereocenters. The molecule has 0 unspecified atom stereocenters. The summed E-state index contributed by atoms with van der Waals surface area (Å²) in [5.74, 6) is -0.437. The SMILES string of the molecule is CC(C)[C@@H](NC(=O)C1CCN(S(=O)(=O)c2ccc(F)cc2)CC1)c1cccs1. The molecule has 152 valence electrons. The minimum atomic E-state index is -3.66. The maximum absolute atomic E-state index is 13.1. The van der Waals surface area contributed by atoms with Crippen LogP contribution < -0.4 is 5.32 Å². The lowest BCUT2D eigenvalue weighted by Crippen LogP contribution is -2.44. The van der Waals surface area contributed by atoms with Crippen LogP contribution in [0.4, 0.5) is 4.39 Å². The molecule has 1 aromatic heterocycles. The maximum Gasteiger partial charge on any atom is 0.243 e. The quantitative estimate of drug-likeness (QED) is 0.767. The van der Waals surface area contributed by atoms with Crippen LogP contribution in [0.1, 0.15) is 37.6 Å². The highest BCUT2D eigenvalue weighted by atomic mass is 32.2. The third-order valence-electron chi connectivity index (χ3n) is 5.09. The first kappa shape index (κ1) is 21.0. The first-order chi connectivity index (χ1) is 13.3. The Hall–Kier alpha value is -1.77. The minimum absolute atomic E-state index is 0.0223. The fraction of sp³-hybridized carbons (Fsp3) is 0.450. The van der Waals surface area contributed by atoms with Gasteiger partial charge in [0.1, 0.15) is 5.82 Å². The molecule has 0 aliphatic carbocycles. The van der Waals surface area contributed by atoms with E-state index in [2.05, 4.69) is 19.2 Å². The van der Waals surface area contributed by atoms with Crippen LogP contribution in [0.15, 0.2) is 46.7 Å². The van der Waals surface area contributed by atoms with E-state index in [1.807, 2.05) is 17.5 Å². The van der Waals surface area contributed by atoms with E-state index in [1.54, 1.807) is 11.3 Å².